The van der Waals surface area contributed by atoms with Crippen LogP contribution in [-0.4, -0.2) is 42.9 Å². The summed E-state index contributed by atoms with van der Waals surface area (Å²) >= 11 is 0. The van der Waals surface area contributed by atoms with Gasteiger partial charge in [-0.25, -0.2) is 0 Å². The molecule has 1 aromatic carbocycles. The number of nitrogens with one attached hydrogen (secondary N) is 2. The van der Waals surface area contributed by atoms with Crippen molar-refractivity contribution in [2.24, 2.45) is 0 Å². The quantitative estimate of drug-likeness (QED) is 0.811. The Morgan fingerprint density at radius 1 is 1.50 bits per heavy atom. The van der Waals surface area contributed by atoms with Gasteiger partial charge in [-0.15, -0.1) is 0 Å². The van der Waals surface area contributed by atoms with E-state index in [1.807, 2.05) is 31.2 Å². The standard InChI is InChI=1S/C13H17N3O2/c1-10-3-2-4-11(7-10)15-8-13(18)16-6-5-14-12(17)9-16/h2-4,7,15H,5-6,8-9H2,1H3,(H,14,17). The number of carbonyl (C=O) groups excluding carboxylic acids is 2. The van der Waals surface area contributed by atoms with E-state index in [-0.39, 0.29) is 24.9 Å². The van der Waals surface area contributed by atoms with Gasteiger partial charge in [0.05, 0.1) is 13.1 Å². The maximum Gasteiger partial charge on any atom is 0.242 e. The summed E-state index contributed by atoms with van der Waals surface area (Å²) < 4.78 is 0. The fourth-order valence-corrected chi connectivity index (χ4v) is 1.90. The van der Waals surface area contributed by atoms with Crippen LogP contribution >= 0.6 is 0 Å². The first-order valence-electron chi connectivity index (χ1n) is 6.00. The second kappa shape index (κ2) is 5.53. The van der Waals surface area contributed by atoms with E-state index in [9.17, 15) is 9.59 Å². The van der Waals surface area contributed by atoms with E-state index in [1.54, 1.807) is 4.90 Å². The first-order chi connectivity index (χ1) is 8.65. The minimum atomic E-state index is -0.0924. The van der Waals surface area contributed by atoms with Crippen molar-refractivity contribution in [1.82, 2.24) is 10.2 Å². The Morgan fingerprint density at radius 2 is 2.33 bits per heavy atom. The summed E-state index contributed by atoms with van der Waals surface area (Å²) in [5.41, 5.74) is 2.06. The maximum absolute atomic E-state index is 11.9. The highest BCUT2D eigenvalue weighted by Crippen LogP contribution is 2.09. The number of aryl methyl sites for hydroxylation is 1. The van der Waals surface area contributed by atoms with Crippen molar-refractivity contribution in [2.45, 2.75) is 6.92 Å². The van der Waals surface area contributed by atoms with E-state index in [1.165, 1.54) is 0 Å². The number of carbonyl (C=O) groups is 2. The summed E-state index contributed by atoms with van der Waals surface area (Å²) in [4.78, 5) is 24.6. The molecule has 0 aliphatic carbocycles. The Labute approximate surface area is 106 Å². The molecule has 0 unspecified atom stereocenters. The predicted octanol–water partition coefficient (Wildman–Crippen LogP) is 0.365. The predicted molar refractivity (Wildman–Crippen MR) is 69.3 cm³/mol. The minimum absolute atomic E-state index is 0.0497. The fraction of sp³-hybridized carbons (Fsp3) is 0.385. The molecule has 1 saturated heterocycles. The topological polar surface area (TPSA) is 61.4 Å². The van der Waals surface area contributed by atoms with Gasteiger partial charge in [-0.1, -0.05) is 12.1 Å². The summed E-state index contributed by atoms with van der Waals surface area (Å²) in [6, 6.07) is 7.85. The molecule has 1 aliphatic heterocycles. The molecule has 2 N–H and O–H groups in total. The molecule has 0 saturated carbocycles. The third-order valence-electron chi connectivity index (χ3n) is 2.85. The van der Waals surface area contributed by atoms with Gasteiger partial charge in [0.15, 0.2) is 0 Å². The average Bonchev–Trinajstić information content (AvgIpc) is 2.36. The van der Waals surface area contributed by atoms with Crippen molar-refractivity contribution in [3.63, 3.8) is 0 Å². The summed E-state index contributed by atoms with van der Waals surface area (Å²) in [5, 5.41) is 5.77. The van der Waals surface area contributed by atoms with Gasteiger partial charge in [-0.2, -0.15) is 0 Å². The maximum atomic E-state index is 11.9. The minimum Gasteiger partial charge on any atom is -0.376 e. The van der Waals surface area contributed by atoms with Crippen molar-refractivity contribution in [3.8, 4) is 0 Å². The monoisotopic (exact) mass is 247 g/mol. The van der Waals surface area contributed by atoms with Crippen molar-refractivity contribution in [3.05, 3.63) is 29.8 Å². The molecule has 0 bridgehead atoms. The van der Waals surface area contributed by atoms with Crippen LogP contribution in [0.25, 0.3) is 0 Å². The Morgan fingerprint density at radius 3 is 3.06 bits per heavy atom. The van der Waals surface area contributed by atoms with Crippen LogP contribution in [0.15, 0.2) is 24.3 Å². The third-order valence-corrected chi connectivity index (χ3v) is 2.85. The second-order valence-electron chi connectivity index (χ2n) is 4.39. The number of anilines is 1. The molecule has 96 valence electrons. The molecule has 2 rings (SSSR count). The lowest BCUT2D eigenvalue weighted by atomic mass is 10.2. The van der Waals surface area contributed by atoms with E-state index in [0.717, 1.165) is 11.3 Å². The van der Waals surface area contributed by atoms with Crippen LogP contribution in [0.4, 0.5) is 5.69 Å². The number of amides is 2. The first-order valence-corrected chi connectivity index (χ1v) is 6.00. The van der Waals surface area contributed by atoms with Gasteiger partial charge in [0.1, 0.15) is 0 Å². The van der Waals surface area contributed by atoms with Crippen LogP contribution in [0.5, 0.6) is 0 Å². The van der Waals surface area contributed by atoms with Crippen LogP contribution in [0.3, 0.4) is 0 Å². The number of hydrogen-bond donors (Lipinski definition) is 2. The molecule has 1 aromatic rings. The van der Waals surface area contributed by atoms with Crippen LogP contribution in [0, 0.1) is 6.92 Å². The van der Waals surface area contributed by atoms with Crippen LogP contribution in [-0.2, 0) is 9.59 Å². The van der Waals surface area contributed by atoms with Crippen molar-refractivity contribution < 1.29 is 9.59 Å². The highest BCUT2D eigenvalue weighted by molar-refractivity contribution is 5.87. The second-order valence-corrected chi connectivity index (χ2v) is 4.39. The Hall–Kier alpha value is -2.04. The number of hydrogen-bond acceptors (Lipinski definition) is 3. The molecule has 0 radical (unpaired) electrons. The van der Waals surface area contributed by atoms with Crippen molar-refractivity contribution in [1.29, 1.82) is 0 Å². The lowest BCUT2D eigenvalue weighted by molar-refractivity contribution is -0.136. The number of nitrogens with zero attached hydrogens (tertiary/aromatic N) is 1. The molecule has 1 heterocycles. The summed E-state index contributed by atoms with van der Waals surface area (Å²) in [7, 11) is 0. The van der Waals surface area contributed by atoms with E-state index < -0.39 is 0 Å². The normalized spacial score (nSPS) is 15.2. The van der Waals surface area contributed by atoms with Gasteiger partial charge >= 0.3 is 0 Å². The third kappa shape index (κ3) is 3.23. The van der Waals surface area contributed by atoms with Gasteiger partial charge in [0.2, 0.25) is 11.8 Å². The Balaban J connectivity index is 1.86. The van der Waals surface area contributed by atoms with Gasteiger partial charge < -0.3 is 15.5 Å². The molecular weight excluding hydrogens is 230 g/mol. The van der Waals surface area contributed by atoms with E-state index in [4.69, 9.17) is 0 Å². The molecule has 1 fully saturated rings. The largest absolute Gasteiger partial charge is 0.376 e. The highest BCUT2D eigenvalue weighted by atomic mass is 16.2. The Kier molecular flexibility index (Phi) is 3.82. The lowest BCUT2D eigenvalue weighted by Gasteiger charge is -2.26. The highest BCUT2D eigenvalue weighted by Gasteiger charge is 2.20. The lowest BCUT2D eigenvalue weighted by Crippen LogP contribution is -2.51. The zero-order valence-electron chi connectivity index (χ0n) is 10.4. The van der Waals surface area contributed by atoms with Gasteiger partial charge in [-0.05, 0) is 24.6 Å². The van der Waals surface area contributed by atoms with E-state index >= 15 is 0 Å². The molecular formula is C13H17N3O2. The SMILES string of the molecule is Cc1cccc(NCC(=O)N2CCNC(=O)C2)c1. The molecule has 1 aliphatic rings. The van der Waals surface area contributed by atoms with E-state index in [0.29, 0.717) is 13.1 Å². The van der Waals surface area contributed by atoms with Gasteiger partial charge in [0, 0.05) is 18.8 Å². The van der Waals surface area contributed by atoms with Crippen molar-refractivity contribution in [2.75, 3.05) is 31.5 Å². The zero-order chi connectivity index (χ0) is 13.0. The summed E-state index contributed by atoms with van der Waals surface area (Å²) in [6.07, 6.45) is 0. The average molecular weight is 247 g/mol. The fourth-order valence-electron chi connectivity index (χ4n) is 1.90. The van der Waals surface area contributed by atoms with Crippen LogP contribution in [0.1, 0.15) is 5.56 Å². The Bertz CT molecular complexity index is 459. The smallest absolute Gasteiger partial charge is 0.242 e. The molecule has 18 heavy (non-hydrogen) atoms. The van der Waals surface area contributed by atoms with Crippen LogP contribution < -0.4 is 10.6 Å². The van der Waals surface area contributed by atoms with Crippen molar-refractivity contribution >= 4 is 17.5 Å². The van der Waals surface area contributed by atoms with Crippen LogP contribution in [0.2, 0.25) is 0 Å². The number of benzene rings is 1. The summed E-state index contributed by atoms with van der Waals surface area (Å²) in [6.45, 7) is 3.50. The summed E-state index contributed by atoms with van der Waals surface area (Å²) in [5.74, 6) is -0.142. The van der Waals surface area contributed by atoms with Gasteiger partial charge in [-0.3, -0.25) is 9.59 Å². The first kappa shape index (κ1) is 12.4. The van der Waals surface area contributed by atoms with Gasteiger partial charge in [0.25, 0.3) is 0 Å². The van der Waals surface area contributed by atoms with E-state index in [2.05, 4.69) is 10.6 Å². The molecule has 0 aromatic heterocycles. The number of piperazine rings is 1. The molecule has 5 heteroatoms. The molecule has 2 amide bonds. The molecule has 5 nitrogen and oxygen atoms in total. The number of rotatable bonds is 3. The molecule has 0 atom stereocenters. The molecule has 0 spiro atoms. The zero-order valence-corrected chi connectivity index (χ0v) is 10.4.